The zero-order chi connectivity index (χ0) is 13.6. The standard InChI is InChI=1S/C13H14FN3O2/c1-16-2-4-17(5-3-16)11-7-10-8(6-9(11)14)12(18)13(19)15-10/h6-7H,2-5H2,1H3,(H,15,18,19). The van der Waals surface area contributed by atoms with Crippen molar-refractivity contribution in [2.75, 3.05) is 43.4 Å². The van der Waals surface area contributed by atoms with Gasteiger partial charge in [0.1, 0.15) is 5.82 Å². The van der Waals surface area contributed by atoms with Crippen molar-refractivity contribution in [2.24, 2.45) is 0 Å². The second kappa shape index (κ2) is 4.31. The van der Waals surface area contributed by atoms with Gasteiger partial charge in [0.15, 0.2) is 0 Å². The maximum absolute atomic E-state index is 14.1. The van der Waals surface area contributed by atoms with Crippen molar-refractivity contribution in [1.82, 2.24) is 4.90 Å². The summed E-state index contributed by atoms with van der Waals surface area (Å²) >= 11 is 0. The van der Waals surface area contributed by atoms with Crippen molar-refractivity contribution in [1.29, 1.82) is 0 Å². The molecule has 0 radical (unpaired) electrons. The molecule has 5 nitrogen and oxygen atoms in total. The Morgan fingerprint density at radius 3 is 2.53 bits per heavy atom. The Labute approximate surface area is 110 Å². The molecule has 0 aliphatic carbocycles. The summed E-state index contributed by atoms with van der Waals surface area (Å²) < 4.78 is 14.1. The number of amides is 1. The first-order valence-corrected chi connectivity index (χ1v) is 6.19. The van der Waals surface area contributed by atoms with E-state index in [1.54, 1.807) is 6.07 Å². The van der Waals surface area contributed by atoms with Crippen LogP contribution in [0.2, 0.25) is 0 Å². The highest BCUT2D eigenvalue weighted by Gasteiger charge is 2.30. The Morgan fingerprint density at radius 2 is 1.84 bits per heavy atom. The number of benzene rings is 1. The van der Waals surface area contributed by atoms with Gasteiger partial charge in [-0.3, -0.25) is 9.59 Å². The van der Waals surface area contributed by atoms with Crippen molar-refractivity contribution >= 4 is 23.1 Å². The number of likely N-dealkylation sites (N-methyl/N-ethyl adjacent to an activating group) is 1. The molecule has 0 spiro atoms. The molecule has 1 N–H and O–H groups in total. The fraction of sp³-hybridized carbons (Fsp3) is 0.385. The highest BCUT2D eigenvalue weighted by molar-refractivity contribution is 6.51. The number of hydrogen-bond donors (Lipinski definition) is 1. The summed E-state index contributed by atoms with van der Waals surface area (Å²) in [5.74, 6) is -1.81. The molecule has 2 aliphatic rings. The van der Waals surface area contributed by atoms with Crippen LogP contribution in [0.3, 0.4) is 0 Å². The van der Waals surface area contributed by atoms with Crippen LogP contribution in [0, 0.1) is 5.82 Å². The Kier molecular flexibility index (Phi) is 2.74. The molecular weight excluding hydrogens is 249 g/mol. The molecule has 2 aliphatic heterocycles. The van der Waals surface area contributed by atoms with Crippen LogP contribution < -0.4 is 10.2 Å². The van der Waals surface area contributed by atoms with Gasteiger partial charge in [-0.1, -0.05) is 0 Å². The molecule has 1 aromatic carbocycles. The van der Waals surface area contributed by atoms with Crippen LogP contribution in [-0.4, -0.2) is 49.8 Å². The summed E-state index contributed by atoms with van der Waals surface area (Å²) in [4.78, 5) is 26.9. The van der Waals surface area contributed by atoms with Crippen molar-refractivity contribution in [2.45, 2.75) is 0 Å². The molecule has 100 valence electrons. The largest absolute Gasteiger partial charge is 0.367 e. The molecule has 1 aromatic rings. The maximum Gasteiger partial charge on any atom is 0.296 e. The predicted molar refractivity (Wildman–Crippen MR) is 69.1 cm³/mol. The number of carbonyl (C=O) groups is 2. The van der Waals surface area contributed by atoms with Crippen LogP contribution in [0.25, 0.3) is 0 Å². The molecule has 1 fully saturated rings. The number of fused-ring (bicyclic) bond motifs is 1. The van der Waals surface area contributed by atoms with Gasteiger partial charge in [-0.15, -0.1) is 0 Å². The molecule has 3 rings (SSSR count). The van der Waals surface area contributed by atoms with E-state index < -0.39 is 17.5 Å². The van der Waals surface area contributed by atoms with Crippen LogP contribution in [0.15, 0.2) is 12.1 Å². The number of hydrogen-bond acceptors (Lipinski definition) is 4. The monoisotopic (exact) mass is 263 g/mol. The Morgan fingerprint density at radius 1 is 1.16 bits per heavy atom. The molecule has 0 atom stereocenters. The van der Waals surface area contributed by atoms with E-state index in [-0.39, 0.29) is 5.56 Å². The van der Waals surface area contributed by atoms with Crippen LogP contribution in [0.1, 0.15) is 10.4 Å². The lowest BCUT2D eigenvalue weighted by molar-refractivity contribution is -0.112. The van der Waals surface area contributed by atoms with Crippen LogP contribution >= 0.6 is 0 Å². The minimum Gasteiger partial charge on any atom is -0.367 e. The van der Waals surface area contributed by atoms with E-state index in [0.29, 0.717) is 11.4 Å². The average Bonchev–Trinajstić information content (AvgIpc) is 2.66. The first-order chi connectivity index (χ1) is 9.06. The Hall–Kier alpha value is -1.95. The highest BCUT2D eigenvalue weighted by atomic mass is 19.1. The van der Waals surface area contributed by atoms with Crippen LogP contribution in [0.4, 0.5) is 15.8 Å². The second-order valence-corrected chi connectivity index (χ2v) is 4.92. The van der Waals surface area contributed by atoms with E-state index >= 15 is 0 Å². The van der Waals surface area contributed by atoms with Crippen molar-refractivity contribution in [3.8, 4) is 0 Å². The summed E-state index contributed by atoms with van der Waals surface area (Å²) in [6.07, 6.45) is 0. The van der Waals surface area contributed by atoms with E-state index in [0.717, 1.165) is 32.2 Å². The SMILES string of the molecule is CN1CCN(c2cc3c(cc2F)C(=O)C(=O)N3)CC1. The van der Waals surface area contributed by atoms with Gasteiger partial charge in [0.2, 0.25) is 0 Å². The van der Waals surface area contributed by atoms with Crippen LogP contribution in [-0.2, 0) is 4.79 Å². The van der Waals surface area contributed by atoms with Gasteiger partial charge in [-0.05, 0) is 19.2 Å². The summed E-state index contributed by atoms with van der Waals surface area (Å²) in [5, 5.41) is 2.47. The molecule has 0 aromatic heterocycles. The maximum atomic E-state index is 14.1. The first kappa shape index (κ1) is 12.1. The number of piperazine rings is 1. The molecule has 1 amide bonds. The van der Waals surface area contributed by atoms with E-state index in [9.17, 15) is 14.0 Å². The van der Waals surface area contributed by atoms with Gasteiger partial charge >= 0.3 is 0 Å². The molecule has 19 heavy (non-hydrogen) atoms. The summed E-state index contributed by atoms with van der Waals surface area (Å²) in [6.45, 7) is 3.19. The molecule has 2 heterocycles. The third-order valence-corrected chi connectivity index (χ3v) is 3.63. The van der Waals surface area contributed by atoms with E-state index in [1.165, 1.54) is 0 Å². The van der Waals surface area contributed by atoms with Crippen molar-refractivity contribution < 1.29 is 14.0 Å². The predicted octanol–water partition coefficient (Wildman–Crippen LogP) is 0.712. The molecule has 0 unspecified atom stereocenters. The van der Waals surface area contributed by atoms with Gasteiger partial charge in [0, 0.05) is 26.2 Å². The third kappa shape index (κ3) is 1.98. The fourth-order valence-corrected chi connectivity index (χ4v) is 2.44. The van der Waals surface area contributed by atoms with E-state index in [1.807, 2.05) is 11.9 Å². The third-order valence-electron chi connectivity index (χ3n) is 3.63. The second-order valence-electron chi connectivity index (χ2n) is 4.92. The molecule has 6 heteroatoms. The van der Waals surface area contributed by atoms with Gasteiger partial charge in [0.05, 0.1) is 16.9 Å². The topological polar surface area (TPSA) is 52.7 Å². The fourth-order valence-electron chi connectivity index (χ4n) is 2.44. The molecule has 1 saturated heterocycles. The van der Waals surface area contributed by atoms with Gasteiger partial charge in [-0.2, -0.15) is 0 Å². The lowest BCUT2D eigenvalue weighted by atomic mass is 10.1. The zero-order valence-electron chi connectivity index (χ0n) is 10.6. The molecule has 0 bridgehead atoms. The van der Waals surface area contributed by atoms with Crippen molar-refractivity contribution in [3.05, 3.63) is 23.5 Å². The number of rotatable bonds is 1. The quantitative estimate of drug-likeness (QED) is 0.758. The van der Waals surface area contributed by atoms with E-state index in [4.69, 9.17) is 0 Å². The summed E-state index contributed by atoms with van der Waals surface area (Å²) in [6, 6.07) is 2.71. The van der Waals surface area contributed by atoms with E-state index in [2.05, 4.69) is 10.2 Å². The number of nitrogens with one attached hydrogen (secondary N) is 1. The zero-order valence-corrected chi connectivity index (χ0v) is 10.6. The summed E-state index contributed by atoms with van der Waals surface area (Å²) in [5.41, 5.74) is 0.979. The van der Waals surface area contributed by atoms with Crippen LogP contribution in [0.5, 0.6) is 0 Å². The Balaban J connectivity index is 1.94. The van der Waals surface area contributed by atoms with Gasteiger partial charge in [0.25, 0.3) is 11.7 Å². The number of nitrogens with zero attached hydrogens (tertiary/aromatic N) is 2. The number of ketones is 1. The normalized spacial score (nSPS) is 19.6. The highest BCUT2D eigenvalue weighted by Crippen LogP contribution is 2.31. The minimum atomic E-state index is -0.690. The first-order valence-electron chi connectivity index (χ1n) is 6.19. The lowest BCUT2D eigenvalue weighted by Crippen LogP contribution is -2.44. The number of halogens is 1. The van der Waals surface area contributed by atoms with Gasteiger partial charge in [-0.25, -0.2) is 4.39 Å². The number of Topliss-reactive ketones (excluding diaryl/α,β-unsaturated/α-hetero) is 1. The molecular formula is C13H14FN3O2. The van der Waals surface area contributed by atoms with Gasteiger partial charge < -0.3 is 15.1 Å². The van der Waals surface area contributed by atoms with Crippen molar-refractivity contribution in [3.63, 3.8) is 0 Å². The molecule has 0 saturated carbocycles. The summed E-state index contributed by atoms with van der Waals surface area (Å²) in [7, 11) is 2.02. The Bertz CT molecular complexity index is 565. The lowest BCUT2D eigenvalue weighted by Gasteiger charge is -2.34. The smallest absolute Gasteiger partial charge is 0.296 e. The number of carbonyl (C=O) groups excluding carboxylic acids is 2. The minimum absolute atomic E-state index is 0.125. The number of anilines is 2. The average molecular weight is 263 g/mol.